The van der Waals surface area contributed by atoms with Gasteiger partial charge in [-0.05, 0) is 17.5 Å². The molecule has 0 aromatic heterocycles. The Kier molecular flexibility index (Phi) is 11.9. The normalized spacial score (nSPS) is 22.9. The standard InChI is InChI=1S/C35H48NO6.ClH/c1-3-5-6-15-24-39-34(38)41-32(4-2)42-35(27-16-9-7-10-17-27,28-18-11-8-12-19-28)33(37)40-31-25-29-20-21-30(26-31)36(29)22-13-14-23-36;/h7-12,16-19,29-32H,3-6,13-15,20-26H2,1-2H3;1H/q+1;/p-1. The van der Waals surface area contributed by atoms with Crippen LogP contribution in [0.2, 0.25) is 0 Å². The zero-order valence-electron chi connectivity index (χ0n) is 25.8. The van der Waals surface area contributed by atoms with Crippen LogP contribution < -0.4 is 12.4 Å². The van der Waals surface area contributed by atoms with E-state index in [-0.39, 0.29) is 18.5 Å². The first kappa shape index (κ1) is 33.3. The summed E-state index contributed by atoms with van der Waals surface area (Å²) in [6, 6.07) is 20.0. The maximum Gasteiger partial charge on any atom is 0.510 e. The van der Waals surface area contributed by atoms with E-state index in [1.54, 1.807) is 0 Å². The molecule has 2 aromatic rings. The summed E-state index contributed by atoms with van der Waals surface area (Å²) in [6.45, 7) is 6.83. The number of piperidine rings is 1. The summed E-state index contributed by atoms with van der Waals surface area (Å²) in [5.41, 5.74) is -0.336. The van der Waals surface area contributed by atoms with E-state index in [1.807, 2.05) is 67.6 Å². The summed E-state index contributed by atoms with van der Waals surface area (Å²) >= 11 is 0. The highest BCUT2D eigenvalue weighted by Crippen LogP contribution is 2.47. The number of unbranched alkanes of at least 4 members (excludes halogenated alkanes) is 3. The monoisotopic (exact) mass is 613 g/mol. The van der Waals surface area contributed by atoms with Gasteiger partial charge in [0.1, 0.15) is 6.10 Å². The van der Waals surface area contributed by atoms with Crippen LogP contribution in [-0.4, -0.2) is 60.8 Å². The zero-order valence-corrected chi connectivity index (χ0v) is 26.5. The second kappa shape index (κ2) is 15.4. The highest BCUT2D eigenvalue weighted by Gasteiger charge is 2.57. The molecule has 3 aliphatic rings. The molecular formula is C35H48ClNO6. The van der Waals surface area contributed by atoms with Gasteiger partial charge in [0.15, 0.2) is 0 Å². The average Bonchev–Trinajstić information content (AvgIpc) is 3.56. The third-order valence-corrected chi connectivity index (χ3v) is 9.77. The van der Waals surface area contributed by atoms with Gasteiger partial charge in [0.25, 0.3) is 0 Å². The van der Waals surface area contributed by atoms with Crippen LogP contribution in [0.4, 0.5) is 4.79 Å². The third kappa shape index (κ3) is 7.21. The maximum atomic E-state index is 14.6. The van der Waals surface area contributed by atoms with E-state index < -0.39 is 24.0 Å². The van der Waals surface area contributed by atoms with E-state index in [9.17, 15) is 9.59 Å². The largest absolute Gasteiger partial charge is 1.00 e. The van der Waals surface area contributed by atoms with Crippen molar-refractivity contribution in [2.75, 3.05) is 19.7 Å². The number of esters is 1. The summed E-state index contributed by atoms with van der Waals surface area (Å²) in [5.74, 6) is -0.464. The molecule has 3 unspecified atom stereocenters. The quantitative estimate of drug-likeness (QED) is 0.145. The molecule has 0 aliphatic carbocycles. The van der Waals surface area contributed by atoms with Crippen LogP contribution in [0.25, 0.3) is 0 Å². The summed E-state index contributed by atoms with van der Waals surface area (Å²) < 4.78 is 25.3. The molecule has 3 atom stereocenters. The number of nitrogens with zero attached hydrogens (tertiary/aromatic N) is 1. The molecule has 43 heavy (non-hydrogen) atoms. The van der Waals surface area contributed by atoms with Gasteiger partial charge >= 0.3 is 12.1 Å². The topological polar surface area (TPSA) is 71.1 Å². The van der Waals surface area contributed by atoms with Gasteiger partial charge in [0.2, 0.25) is 11.9 Å². The van der Waals surface area contributed by atoms with Crippen molar-refractivity contribution in [3.05, 3.63) is 71.8 Å². The highest BCUT2D eigenvalue weighted by molar-refractivity contribution is 5.86. The van der Waals surface area contributed by atoms with E-state index in [0.29, 0.717) is 36.2 Å². The Balaban J connectivity index is 0.00000423. The number of benzene rings is 2. The Bertz CT molecular complexity index is 1100. The van der Waals surface area contributed by atoms with Crippen LogP contribution >= 0.6 is 0 Å². The number of rotatable bonds is 13. The van der Waals surface area contributed by atoms with Crippen molar-refractivity contribution in [2.45, 2.75) is 115 Å². The van der Waals surface area contributed by atoms with Crippen molar-refractivity contribution in [1.82, 2.24) is 0 Å². The lowest BCUT2D eigenvalue weighted by Gasteiger charge is -2.47. The lowest BCUT2D eigenvalue weighted by molar-refractivity contribution is -0.956. The first-order chi connectivity index (χ1) is 20.5. The Morgan fingerprint density at radius 2 is 1.44 bits per heavy atom. The van der Waals surface area contributed by atoms with E-state index >= 15 is 0 Å². The fourth-order valence-electron chi connectivity index (χ4n) is 7.69. The molecule has 0 amide bonds. The molecule has 3 heterocycles. The molecule has 0 N–H and O–H groups in total. The van der Waals surface area contributed by atoms with Crippen LogP contribution in [-0.2, 0) is 29.3 Å². The Hall–Kier alpha value is -2.61. The summed E-state index contributed by atoms with van der Waals surface area (Å²) in [5, 5.41) is 0. The minimum Gasteiger partial charge on any atom is -1.00 e. The molecule has 2 aromatic carbocycles. The SMILES string of the molecule is CCCCCCOC(=O)OC(CC)OC(C(=O)OC1CC2CCC(C1)[N+]21CCCC1)(c1ccccc1)c1ccccc1.[Cl-]. The van der Waals surface area contributed by atoms with Crippen molar-refractivity contribution in [1.29, 1.82) is 0 Å². The van der Waals surface area contributed by atoms with E-state index in [4.69, 9.17) is 18.9 Å². The average molecular weight is 614 g/mol. The van der Waals surface area contributed by atoms with Crippen molar-refractivity contribution >= 4 is 12.1 Å². The van der Waals surface area contributed by atoms with Gasteiger partial charge in [-0.1, -0.05) is 93.8 Å². The van der Waals surface area contributed by atoms with Gasteiger partial charge < -0.3 is 35.8 Å². The summed E-state index contributed by atoms with van der Waals surface area (Å²) in [6.07, 6.45) is 9.17. The molecule has 1 spiro atoms. The molecule has 3 saturated heterocycles. The number of ether oxygens (including phenoxy) is 4. The van der Waals surface area contributed by atoms with Crippen molar-refractivity contribution in [2.24, 2.45) is 0 Å². The lowest BCUT2D eigenvalue weighted by atomic mass is 9.85. The molecule has 8 heteroatoms. The Labute approximate surface area is 263 Å². The fourth-order valence-corrected chi connectivity index (χ4v) is 7.69. The number of quaternary nitrogens is 1. The van der Waals surface area contributed by atoms with Crippen LogP contribution in [0.15, 0.2) is 60.7 Å². The summed E-state index contributed by atoms with van der Waals surface area (Å²) in [7, 11) is 0. The molecule has 7 nitrogen and oxygen atoms in total. The maximum absolute atomic E-state index is 14.6. The third-order valence-electron chi connectivity index (χ3n) is 9.77. The van der Waals surface area contributed by atoms with E-state index in [1.165, 1.54) is 43.3 Å². The minimum absolute atomic E-state index is 0. The van der Waals surface area contributed by atoms with E-state index in [2.05, 4.69) is 6.92 Å². The molecule has 3 fully saturated rings. The highest BCUT2D eigenvalue weighted by atomic mass is 35.5. The van der Waals surface area contributed by atoms with Crippen LogP contribution in [0.3, 0.4) is 0 Å². The molecule has 2 bridgehead atoms. The summed E-state index contributed by atoms with van der Waals surface area (Å²) in [4.78, 5) is 27.2. The van der Waals surface area contributed by atoms with Crippen LogP contribution in [0.1, 0.15) is 95.6 Å². The lowest BCUT2D eigenvalue weighted by Crippen LogP contribution is -3.00. The number of halogens is 1. The van der Waals surface area contributed by atoms with E-state index in [0.717, 1.165) is 38.5 Å². The molecule has 5 rings (SSSR count). The Morgan fingerprint density at radius 3 is 1.98 bits per heavy atom. The first-order valence-corrected chi connectivity index (χ1v) is 16.2. The van der Waals surface area contributed by atoms with Gasteiger partial charge in [-0.2, -0.15) is 0 Å². The molecular weight excluding hydrogens is 566 g/mol. The molecule has 0 radical (unpaired) electrons. The number of carbonyl (C=O) groups is 2. The molecule has 236 valence electrons. The fraction of sp³-hybridized carbons (Fsp3) is 0.600. The van der Waals surface area contributed by atoms with Crippen molar-refractivity contribution in [3.63, 3.8) is 0 Å². The van der Waals surface area contributed by atoms with Crippen LogP contribution in [0.5, 0.6) is 0 Å². The minimum atomic E-state index is -1.61. The number of carbonyl (C=O) groups excluding carboxylic acids is 2. The first-order valence-electron chi connectivity index (χ1n) is 16.2. The Morgan fingerprint density at radius 1 is 0.860 bits per heavy atom. The van der Waals surface area contributed by atoms with Gasteiger partial charge in [0.05, 0.1) is 31.8 Å². The number of hydrogen-bond acceptors (Lipinski definition) is 6. The smallest absolute Gasteiger partial charge is 0.510 e. The predicted octanol–water partition coefficient (Wildman–Crippen LogP) is 4.27. The zero-order chi connectivity index (χ0) is 29.4. The second-order valence-corrected chi connectivity index (χ2v) is 12.3. The van der Waals surface area contributed by atoms with Gasteiger partial charge in [0, 0.05) is 44.9 Å². The van der Waals surface area contributed by atoms with Crippen molar-refractivity contribution in [3.8, 4) is 0 Å². The molecule has 0 saturated carbocycles. The van der Waals surface area contributed by atoms with Crippen LogP contribution in [0, 0.1) is 0 Å². The number of hydrogen-bond donors (Lipinski definition) is 0. The predicted molar refractivity (Wildman–Crippen MR) is 161 cm³/mol. The van der Waals surface area contributed by atoms with Gasteiger partial charge in [-0.25, -0.2) is 9.59 Å². The molecule has 3 aliphatic heterocycles. The second-order valence-electron chi connectivity index (χ2n) is 12.3. The van der Waals surface area contributed by atoms with Crippen molar-refractivity contribution < 1.29 is 45.4 Å². The van der Waals surface area contributed by atoms with Gasteiger partial charge in [-0.15, -0.1) is 0 Å². The van der Waals surface area contributed by atoms with Gasteiger partial charge in [-0.3, -0.25) is 0 Å².